The summed E-state index contributed by atoms with van der Waals surface area (Å²) in [4.78, 5) is 14.2. The molecule has 8 heteroatoms. The minimum absolute atomic E-state index is 0.0185. The van der Waals surface area contributed by atoms with Crippen molar-refractivity contribution < 1.29 is 18.3 Å². The van der Waals surface area contributed by atoms with Crippen LogP contribution >= 0.6 is 0 Å². The highest BCUT2D eigenvalue weighted by Crippen LogP contribution is 2.27. The maximum atomic E-state index is 12.7. The van der Waals surface area contributed by atoms with Crippen LogP contribution in [0.15, 0.2) is 83.8 Å². The van der Waals surface area contributed by atoms with Gasteiger partial charge < -0.3 is 10.0 Å². The fourth-order valence-corrected chi connectivity index (χ4v) is 4.81. The summed E-state index contributed by atoms with van der Waals surface area (Å²) in [6.45, 7) is 0.481. The van der Waals surface area contributed by atoms with Gasteiger partial charge in [-0.1, -0.05) is 36.4 Å². The highest BCUT2D eigenvalue weighted by molar-refractivity contribution is 7.92. The number of benzene rings is 3. The molecule has 0 aliphatic carbocycles. The predicted octanol–water partition coefficient (Wildman–Crippen LogP) is 2.79. The number of likely N-dealkylation sites (tertiary alicyclic amines) is 1. The van der Waals surface area contributed by atoms with E-state index in [1.165, 1.54) is 36.4 Å². The first kappa shape index (κ1) is 21.6. The van der Waals surface area contributed by atoms with Crippen molar-refractivity contribution in [2.45, 2.75) is 16.9 Å². The van der Waals surface area contributed by atoms with Crippen LogP contribution in [0.3, 0.4) is 0 Å². The number of β-amino-alcohol motifs (C(OH)–C–C–N with tert-alkyl or cyclic N) is 1. The van der Waals surface area contributed by atoms with Gasteiger partial charge in [0.15, 0.2) is 0 Å². The second-order valence-corrected chi connectivity index (χ2v) is 9.55. The van der Waals surface area contributed by atoms with Crippen LogP contribution in [0.25, 0.3) is 0 Å². The smallest absolute Gasteiger partial charge is 0.261 e. The van der Waals surface area contributed by atoms with Gasteiger partial charge >= 0.3 is 0 Å². The minimum Gasteiger partial charge on any atom is -0.386 e. The average molecular weight is 448 g/mol. The Morgan fingerprint density at radius 1 is 1.03 bits per heavy atom. The molecule has 0 atom stereocenters. The number of sulfonamides is 1. The lowest BCUT2D eigenvalue weighted by Crippen LogP contribution is -2.64. The summed E-state index contributed by atoms with van der Waals surface area (Å²) in [6.07, 6.45) is 0.478. The predicted molar refractivity (Wildman–Crippen MR) is 119 cm³/mol. The van der Waals surface area contributed by atoms with Crippen molar-refractivity contribution in [2.75, 3.05) is 17.8 Å². The Bertz CT molecular complexity index is 1280. The number of hydrogen-bond acceptors (Lipinski definition) is 5. The zero-order valence-corrected chi connectivity index (χ0v) is 17.9. The van der Waals surface area contributed by atoms with E-state index in [1.807, 2.05) is 36.4 Å². The van der Waals surface area contributed by atoms with Gasteiger partial charge in [-0.3, -0.25) is 9.52 Å². The largest absolute Gasteiger partial charge is 0.386 e. The first-order valence-electron chi connectivity index (χ1n) is 9.97. The summed E-state index contributed by atoms with van der Waals surface area (Å²) in [5, 5.41) is 19.6. The number of carbonyl (C=O) groups excluding carboxylic acids is 1. The van der Waals surface area contributed by atoms with Crippen LogP contribution in [-0.4, -0.2) is 43.0 Å². The standard InChI is InChI=1S/C24H21N3O4S/c25-15-19-7-4-8-22(13-19)32(30,31)26-21-11-9-20(10-12-21)23(28)27-16-24(29,17-27)14-18-5-2-1-3-6-18/h1-13,26,29H,14,16-17H2. The van der Waals surface area contributed by atoms with Crippen LogP contribution in [0.2, 0.25) is 0 Å². The van der Waals surface area contributed by atoms with Crippen LogP contribution in [0.5, 0.6) is 0 Å². The van der Waals surface area contributed by atoms with Gasteiger partial charge in [-0.25, -0.2) is 8.42 Å². The number of carbonyl (C=O) groups is 1. The van der Waals surface area contributed by atoms with Gasteiger partial charge in [0.05, 0.1) is 29.6 Å². The molecule has 1 aliphatic heterocycles. The van der Waals surface area contributed by atoms with E-state index in [4.69, 9.17) is 5.26 Å². The van der Waals surface area contributed by atoms with E-state index >= 15 is 0 Å². The number of nitriles is 1. The van der Waals surface area contributed by atoms with Crippen molar-refractivity contribution >= 4 is 21.6 Å². The van der Waals surface area contributed by atoms with Gasteiger partial charge in [-0.2, -0.15) is 5.26 Å². The third-order valence-electron chi connectivity index (χ3n) is 5.29. The van der Waals surface area contributed by atoms with E-state index < -0.39 is 15.6 Å². The summed E-state index contributed by atoms with van der Waals surface area (Å²) in [7, 11) is -3.86. The van der Waals surface area contributed by atoms with Crippen LogP contribution in [0.1, 0.15) is 21.5 Å². The summed E-state index contributed by atoms with van der Waals surface area (Å²) in [5.74, 6) is -0.223. The molecular formula is C24H21N3O4S. The van der Waals surface area contributed by atoms with Gasteiger partial charge in [0.2, 0.25) is 0 Å². The van der Waals surface area contributed by atoms with Gasteiger partial charge in [0.1, 0.15) is 5.60 Å². The monoisotopic (exact) mass is 447 g/mol. The Hall–Kier alpha value is -3.67. The Balaban J connectivity index is 1.38. The molecule has 162 valence electrons. The third-order valence-corrected chi connectivity index (χ3v) is 6.67. The van der Waals surface area contributed by atoms with E-state index in [9.17, 15) is 18.3 Å². The Kier molecular flexibility index (Phi) is 5.70. The first-order valence-corrected chi connectivity index (χ1v) is 11.4. The Morgan fingerprint density at radius 2 is 1.72 bits per heavy atom. The molecule has 3 aromatic rings. The fraction of sp³-hybridized carbons (Fsp3) is 0.167. The Morgan fingerprint density at radius 3 is 2.38 bits per heavy atom. The molecule has 32 heavy (non-hydrogen) atoms. The van der Waals surface area contributed by atoms with E-state index in [0.29, 0.717) is 17.7 Å². The molecule has 0 saturated carbocycles. The van der Waals surface area contributed by atoms with Crippen molar-refractivity contribution in [1.29, 1.82) is 5.26 Å². The molecule has 1 saturated heterocycles. The van der Waals surface area contributed by atoms with Crippen molar-refractivity contribution in [3.63, 3.8) is 0 Å². The van der Waals surface area contributed by atoms with Gasteiger partial charge in [-0.05, 0) is 48.0 Å². The number of aliphatic hydroxyl groups is 1. The molecule has 0 radical (unpaired) electrons. The highest BCUT2D eigenvalue weighted by atomic mass is 32.2. The van der Waals surface area contributed by atoms with Gasteiger partial charge in [0.25, 0.3) is 15.9 Å². The van der Waals surface area contributed by atoms with Crippen LogP contribution in [0, 0.1) is 11.3 Å². The van der Waals surface area contributed by atoms with Crippen molar-refractivity contribution in [3.05, 3.63) is 95.6 Å². The molecule has 7 nitrogen and oxygen atoms in total. The van der Waals surface area contributed by atoms with E-state index in [-0.39, 0.29) is 29.5 Å². The highest BCUT2D eigenvalue weighted by Gasteiger charge is 2.43. The lowest BCUT2D eigenvalue weighted by Gasteiger charge is -2.46. The summed E-state index contributed by atoms with van der Waals surface area (Å²) in [5.41, 5.74) is 1.02. The topological polar surface area (TPSA) is 110 Å². The molecule has 0 aromatic heterocycles. The molecule has 1 fully saturated rings. The van der Waals surface area contributed by atoms with Crippen molar-refractivity contribution in [2.24, 2.45) is 0 Å². The van der Waals surface area contributed by atoms with E-state index in [0.717, 1.165) is 5.56 Å². The second-order valence-electron chi connectivity index (χ2n) is 7.87. The minimum atomic E-state index is -3.86. The summed E-state index contributed by atoms with van der Waals surface area (Å²) < 4.78 is 27.5. The molecule has 2 N–H and O–H groups in total. The molecule has 0 unspecified atom stereocenters. The number of hydrogen-bond donors (Lipinski definition) is 2. The molecule has 0 bridgehead atoms. The summed E-state index contributed by atoms with van der Waals surface area (Å²) >= 11 is 0. The zero-order chi connectivity index (χ0) is 22.8. The molecular weight excluding hydrogens is 426 g/mol. The van der Waals surface area contributed by atoms with Crippen LogP contribution in [0.4, 0.5) is 5.69 Å². The van der Waals surface area contributed by atoms with Gasteiger partial charge in [-0.15, -0.1) is 0 Å². The molecule has 1 aliphatic rings. The number of amides is 1. The number of anilines is 1. The lowest BCUT2D eigenvalue weighted by atomic mass is 9.86. The van der Waals surface area contributed by atoms with Crippen molar-refractivity contribution in [1.82, 2.24) is 4.90 Å². The maximum Gasteiger partial charge on any atom is 0.261 e. The second kappa shape index (κ2) is 8.46. The number of rotatable bonds is 6. The fourth-order valence-electron chi connectivity index (χ4n) is 3.71. The molecule has 3 aromatic carbocycles. The van der Waals surface area contributed by atoms with Crippen LogP contribution in [-0.2, 0) is 16.4 Å². The molecule has 1 heterocycles. The SMILES string of the molecule is N#Cc1cccc(S(=O)(=O)Nc2ccc(C(=O)N3CC(O)(Cc4ccccc4)C3)cc2)c1. The third kappa shape index (κ3) is 4.64. The average Bonchev–Trinajstić information content (AvgIpc) is 2.78. The normalized spacial score (nSPS) is 14.8. The number of nitrogens with one attached hydrogen (secondary N) is 1. The zero-order valence-electron chi connectivity index (χ0n) is 17.1. The van der Waals surface area contributed by atoms with E-state index in [1.54, 1.807) is 17.0 Å². The molecule has 1 amide bonds. The number of nitrogens with zero attached hydrogens (tertiary/aromatic N) is 2. The van der Waals surface area contributed by atoms with E-state index in [2.05, 4.69) is 4.72 Å². The quantitative estimate of drug-likeness (QED) is 0.604. The molecule has 4 rings (SSSR count). The molecule has 0 spiro atoms. The van der Waals surface area contributed by atoms with Gasteiger partial charge in [0, 0.05) is 17.7 Å². The first-order chi connectivity index (χ1) is 15.3. The maximum absolute atomic E-state index is 12.7. The summed E-state index contributed by atoms with van der Waals surface area (Å²) in [6, 6.07) is 23.4. The Labute approximate surface area is 186 Å². The lowest BCUT2D eigenvalue weighted by molar-refractivity contribution is -0.0799. The van der Waals surface area contributed by atoms with Crippen LogP contribution < -0.4 is 4.72 Å². The van der Waals surface area contributed by atoms with Crippen molar-refractivity contribution in [3.8, 4) is 6.07 Å².